The van der Waals surface area contributed by atoms with Gasteiger partial charge in [0.25, 0.3) is 0 Å². The number of carbonyl (C=O) groups excluding carboxylic acids is 1. The summed E-state index contributed by atoms with van der Waals surface area (Å²) < 4.78 is 5.00. The second-order valence-electron chi connectivity index (χ2n) is 5.24. The summed E-state index contributed by atoms with van der Waals surface area (Å²) in [5.41, 5.74) is 2.88. The Morgan fingerprint density at radius 1 is 1.23 bits per heavy atom. The molecule has 0 fully saturated rings. The Labute approximate surface area is 131 Å². The van der Waals surface area contributed by atoms with E-state index in [0.717, 1.165) is 17.7 Å². The minimum atomic E-state index is -0.385. The van der Waals surface area contributed by atoms with Crippen molar-refractivity contribution in [2.24, 2.45) is 0 Å². The van der Waals surface area contributed by atoms with E-state index in [9.17, 15) is 4.79 Å². The molecule has 0 aliphatic rings. The number of methoxy groups -OCH3 is 1. The summed E-state index contributed by atoms with van der Waals surface area (Å²) in [5, 5.41) is 2.97. The highest BCUT2D eigenvalue weighted by Crippen LogP contribution is 2.23. The van der Waals surface area contributed by atoms with Crippen molar-refractivity contribution in [1.82, 2.24) is 10.3 Å². The van der Waals surface area contributed by atoms with Gasteiger partial charge in [0.2, 0.25) is 5.91 Å². The van der Waals surface area contributed by atoms with Crippen molar-refractivity contribution < 1.29 is 9.53 Å². The van der Waals surface area contributed by atoms with E-state index < -0.39 is 0 Å². The third-order valence-electron chi connectivity index (χ3n) is 3.48. The van der Waals surface area contributed by atoms with Gasteiger partial charge in [-0.2, -0.15) is 0 Å². The number of benzene rings is 1. The van der Waals surface area contributed by atoms with E-state index in [1.165, 1.54) is 5.56 Å². The molecule has 0 saturated heterocycles. The highest BCUT2D eigenvalue weighted by molar-refractivity contribution is 5.86. The molecule has 0 aliphatic heterocycles. The van der Waals surface area contributed by atoms with E-state index in [-0.39, 0.29) is 11.8 Å². The van der Waals surface area contributed by atoms with Crippen LogP contribution in [-0.4, -0.2) is 31.2 Å². The Kier molecular flexibility index (Phi) is 6.10. The smallest absolute Gasteiger partial charge is 0.233 e. The van der Waals surface area contributed by atoms with Crippen LogP contribution < -0.4 is 5.32 Å². The van der Waals surface area contributed by atoms with Gasteiger partial charge in [0.1, 0.15) is 5.92 Å². The van der Waals surface area contributed by atoms with Crippen molar-refractivity contribution in [3.63, 3.8) is 0 Å². The normalized spacial score (nSPS) is 11.9. The number of carbonyl (C=O) groups is 1. The van der Waals surface area contributed by atoms with Crippen molar-refractivity contribution in [2.75, 3.05) is 20.3 Å². The molecule has 0 bridgehead atoms. The van der Waals surface area contributed by atoms with Crippen LogP contribution in [0.4, 0.5) is 0 Å². The van der Waals surface area contributed by atoms with Gasteiger partial charge in [0.15, 0.2) is 0 Å². The van der Waals surface area contributed by atoms with Crippen LogP contribution in [0.1, 0.15) is 29.2 Å². The van der Waals surface area contributed by atoms with Crippen LogP contribution in [0.15, 0.2) is 48.7 Å². The van der Waals surface area contributed by atoms with Crippen LogP contribution >= 0.6 is 0 Å². The molecule has 1 atom stereocenters. The summed E-state index contributed by atoms with van der Waals surface area (Å²) in [5.74, 6) is -0.414. The van der Waals surface area contributed by atoms with E-state index in [1.54, 1.807) is 13.3 Å². The Morgan fingerprint density at radius 3 is 2.64 bits per heavy atom. The number of amides is 1. The summed E-state index contributed by atoms with van der Waals surface area (Å²) in [6.07, 6.45) is 2.51. The van der Waals surface area contributed by atoms with Gasteiger partial charge >= 0.3 is 0 Å². The van der Waals surface area contributed by atoms with E-state index in [0.29, 0.717) is 13.2 Å². The molecule has 1 heterocycles. The van der Waals surface area contributed by atoms with E-state index in [2.05, 4.69) is 10.3 Å². The Balaban J connectivity index is 2.18. The molecule has 22 heavy (non-hydrogen) atoms. The first kappa shape index (κ1) is 16.2. The lowest BCUT2D eigenvalue weighted by Crippen LogP contribution is -2.31. The third-order valence-corrected chi connectivity index (χ3v) is 3.48. The Bertz CT molecular complexity index is 582. The second-order valence-corrected chi connectivity index (χ2v) is 5.24. The first-order chi connectivity index (χ1) is 10.7. The van der Waals surface area contributed by atoms with Gasteiger partial charge < -0.3 is 10.1 Å². The van der Waals surface area contributed by atoms with Crippen LogP contribution in [0.3, 0.4) is 0 Å². The molecule has 2 aromatic rings. The molecule has 116 valence electrons. The third kappa shape index (κ3) is 4.40. The zero-order valence-electron chi connectivity index (χ0n) is 13.1. The maximum Gasteiger partial charge on any atom is 0.233 e. The molecule has 0 radical (unpaired) electrons. The van der Waals surface area contributed by atoms with Gasteiger partial charge in [-0.05, 0) is 31.0 Å². The highest BCUT2D eigenvalue weighted by Gasteiger charge is 2.23. The van der Waals surface area contributed by atoms with Crippen LogP contribution in [0.5, 0.6) is 0 Å². The van der Waals surface area contributed by atoms with Crippen molar-refractivity contribution in [3.05, 3.63) is 65.5 Å². The summed E-state index contributed by atoms with van der Waals surface area (Å²) >= 11 is 0. The summed E-state index contributed by atoms with van der Waals surface area (Å²) in [6, 6.07) is 13.7. The van der Waals surface area contributed by atoms with E-state index in [1.807, 2.05) is 49.4 Å². The van der Waals surface area contributed by atoms with Gasteiger partial charge in [0, 0.05) is 26.5 Å². The predicted molar refractivity (Wildman–Crippen MR) is 86.8 cm³/mol. The van der Waals surface area contributed by atoms with Gasteiger partial charge in [-0.25, -0.2) is 0 Å². The molecule has 1 aromatic heterocycles. The van der Waals surface area contributed by atoms with Gasteiger partial charge in [-0.3, -0.25) is 9.78 Å². The number of hydrogen-bond donors (Lipinski definition) is 1. The number of nitrogens with one attached hydrogen (secondary N) is 1. The van der Waals surface area contributed by atoms with E-state index >= 15 is 0 Å². The summed E-state index contributed by atoms with van der Waals surface area (Å²) in [7, 11) is 1.66. The molecule has 1 aromatic carbocycles. The van der Waals surface area contributed by atoms with Crippen molar-refractivity contribution in [3.8, 4) is 0 Å². The average Bonchev–Trinajstić information content (AvgIpc) is 2.55. The Morgan fingerprint density at radius 2 is 2.00 bits per heavy atom. The molecule has 0 spiro atoms. The molecule has 0 aliphatic carbocycles. The zero-order chi connectivity index (χ0) is 15.8. The fourth-order valence-electron chi connectivity index (χ4n) is 2.29. The molecule has 1 amide bonds. The number of rotatable bonds is 7. The van der Waals surface area contributed by atoms with Crippen molar-refractivity contribution in [2.45, 2.75) is 19.3 Å². The van der Waals surface area contributed by atoms with Crippen LogP contribution in [0, 0.1) is 6.92 Å². The lowest BCUT2D eigenvalue weighted by molar-refractivity contribution is -0.121. The fraction of sp³-hybridized carbons (Fsp3) is 0.333. The minimum absolute atomic E-state index is 0.0290. The summed E-state index contributed by atoms with van der Waals surface area (Å²) in [4.78, 5) is 17.0. The van der Waals surface area contributed by atoms with Crippen molar-refractivity contribution >= 4 is 5.91 Å². The molecule has 4 heteroatoms. The number of ether oxygens (including phenoxy) is 1. The van der Waals surface area contributed by atoms with Gasteiger partial charge in [-0.1, -0.05) is 35.9 Å². The first-order valence-electron chi connectivity index (χ1n) is 7.46. The van der Waals surface area contributed by atoms with E-state index in [4.69, 9.17) is 4.74 Å². The maximum atomic E-state index is 12.6. The number of aromatic nitrogens is 1. The zero-order valence-corrected chi connectivity index (χ0v) is 13.1. The molecule has 1 N–H and O–H groups in total. The molecular formula is C18H22N2O2. The molecule has 1 unspecified atom stereocenters. The average molecular weight is 298 g/mol. The number of aryl methyl sites for hydroxylation is 1. The lowest BCUT2D eigenvalue weighted by atomic mass is 9.93. The SMILES string of the molecule is COCCCNC(=O)C(c1ccc(C)cc1)c1ccccn1. The highest BCUT2D eigenvalue weighted by atomic mass is 16.5. The molecule has 0 saturated carbocycles. The number of hydrogen-bond acceptors (Lipinski definition) is 3. The largest absolute Gasteiger partial charge is 0.385 e. The van der Waals surface area contributed by atoms with Gasteiger partial charge in [-0.15, -0.1) is 0 Å². The first-order valence-corrected chi connectivity index (χ1v) is 7.46. The summed E-state index contributed by atoms with van der Waals surface area (Å²) in [6.45, 7) is 3.27. The van der Waals surface area contributed by atoms with Crippen LogP contribution in [-0.2, 0) is 9.53 Å². The maximum absolute atomic E-state index is 12.6. The monoisotopic (exact) mass is 298 g/mol. The van der Waals surface area contributed by atoms with Crippen LogP contribution in [0.25, 0.3) is 0 Å². The quantitative estimate of drug-likeness (QED) is 0.800. The minimum Gasteiger partial charge on any atom is -0.385 e. The Hall–Kier alpha value is -2.20. The van der Waals surface area contributed by atoms with Crippen LogP contribution in [0.2, 0.25) is 0 Å². The fourth-order valence-corrected chi connectivity index (χ4v) is 2.29. The molecular weight excluding hydrogens is 276 g/mol. The molecule has 4 nitrogen and oxygen atoms in total. The standard InChI is InChI=1S/C18H22N2O2/c1-14-7-9-15(10-8-14)17(16-6-3-4-11-19-16)18(21)20-12-5-13-22-2/h3-4,6-11,17H,5,12-13H2,1-2H3,(H,20,21). The number of nitrogens with zero attached hydrogens (tertiary/aromatic N) is 1. The van der Waals surface area contributed by atoms with Crippen molar-refractivity contribution in [1.29, 1.82) is 0 Å². The lowest BCUT2D eigenvalue weighted by Gasteiger charge is -2.17. The number of pyridine rings is 1. The van der Waals surface area contributed by atoms with Gasteiger partial charge in [0.05, 0.1) is 5.69 Å². The topological polar surface area (TPSA) is 51.2 Å². The predicted octanol–water partition coefficient (Wildman–Crippen LogP) is 2.67. The molecule has 2 rings (SSSR count). The second kappa shape index (κ2) is 8.29.